The van der Waals surface area contributed by atoms with Crippen LogP contribution in [0, 0.1) is 41.0 Å². The molecule has 0 saturated heterocycles. The van der Waals surface area contributed by atoms with Crippen LogP contribution in [-0.4, -0.2) is 0 Å². The Kier molecular flexibility index (Phi) is 21.8. The second kappa shape index (κ2) is 13.6. The topological polar surface area (TPSA) is 369 Å². The molecule has 21 heteroatoms. The van der Waals surface area contributed by atoms with E-state index >= 15 is 0 Å². The van der Waals surface area contributed by atoms with Gasteiger partial charge in [0.25, 0.3) is 0 Å². The van der Waals surface area contributed by atoms with E-state index in [9.17, 15) is 0 Å². The summed E-state index contributed by atoms with van der Waals surface area (Å²) in [6.07, 6.45) is 0. The van der Waals surface area contributed by atoms with Gasteiger partial charge in [-0.05, 0) is 0 Å². The molecule has 0 unspecified atom stereocenters. The van der Waals surface area contributed by atoms with Crippen molar-refractivity contribution in [3.8, 4) is 0 Å². The van der Waals surface area contributed by atoms with Gasteiger partial charge in [0.1, 0.15) is 0 Å². The summed E-state index contributed by atoms with van der Waals surface area (Å²) in [5.41, 5.74) is 0. The van der Waals surface area contributed by atoms with E-state index in [1.54, 1.807) is 0 Å². The van der Waals surface area contributed by atoms with Crippen molar-refractivity contribution in [2.24, 2.45) is 0 Å². The zero-order valence-electron chi connectivity index (χ0n) is 8.75. The molecule has 0 atom stereocenters. The van der Waals surface area contributed by atoms with Gasteiger partial charge in [-0.15, -0.1) is 41.0 Å². The second-order valence-electron chi connectivity index (χ2n) is 1.51. The average Bonchev–Trinajstić information content (AvgIpc) is 1.62. The summed E-state index contributed by atoms with van der Waals surface area (Å²) in [6.45, 7) is 0. The quantitative estimate of drug-likeness (QED) is 0.301. The predicted molar refractivity (Wildman–Crippen MR) is 0 cm³/mol. The number of rotatable bonds is 0. The Balaban J connectivity index is -0.0000000533. The molecule has 0 rings (SSSR count). The van der Waals surface area contributed by atoms with Gasteiger partial charge in [0.05, 0.1) is 0 Å². The zero-order valence-corrected chi connectivity index (χ0v) is 14.7. The largest absolute Gasteiger partial charge is 0.222 e. The zero-order chi connectivity index (χ0) is 18.0. The molecule has 0 spiro atoms. The van der Waals surface area contributed by atoms with Crippen molar-refractivity contribution < 1.29 is 135 Å². The number of hydrogen-bond donors (Lipinski definition) is 0. The minimum Gasteiger partial charge on any atom is -0.222 e. The molecule has 0 bridgehead atoms. The summed E-state index contributed by atoms with van der Waals surface area (Å²) in [4.78, 5) is 0. The van der Waals surface area contributed by atoms with Gasteiger partial charge in [-0.1, -0.05) is 0 Å². The molecule has 0 aromatic heterocycles. The third kappa shape index (κ3) is 5930. The fourth-order valence-electron chi connectivity index (χ4n) is 0. The van der Waals surface area contributed by atoms with Crippen molar-refractivity contribution in [1.82, 2.24) is 0 Å². The molecule has 0 heterocycles. The smallest absolute Gasteiger partial charge is 0 e. The van der Waals surface area contributed by atoms with E-state index < -0.39 is 41.0 Å². The van der Waals surface area contributed by atoms with Crippen LogP contribution in [0.2, 0.25) is 0 Å². The first-order valence-corrected chi connectivity index (χ1v) is 7.41. The first kappa shape index (κ1) is 33.7. The SMILES string of the molecule is [O-][Cl+3]([O-])([O-])[O-].[O-][Cl+3]([O-])([O-])[O-].[O-][Cl+3]([O-])([O-])[O-].[O-][Cl+3]([O-])([O-])[O-].[Zn]. The van der Waals surface area contributed by atoms with Crippen molar-refractivity contribution in [2.75, 3.05) is 0 Å². The van der Waals surface area contributed by atoms with Crippen LogP contribution in [0.15, 0.2) is 0 Å². The van der Waals surface area contributed by atoms with Gasteiger partial charge in [0.2, 0.25) is 0 Å². The summed E-state index contributed by atoms with van der Waals surface area (Å²) < 4.78 is 136. The van der Waals surface area contributed by atoms with E-state index in [0.29, 0.717) is 0 Å². The third-order valence-electron chi connectivity index (χ3n) is 0. The molecule has 0 aromatic rings. The fourth-order valence-corrected chi connectivity index (χ4v) is 0. The Morgan fingerprint density at radius 3 is 0.238 bits per heavy atom. The maximum absolute atomic E-state index is 8.49. The number of halogens is 4. The van der Waals surface area contributed by atoms with Crippen LogP contribution in [0.3, 0.4) is 0 Å². The van der Waals surface area contributed by atoms with Crippen LogP contribution in [0.25, 0.3) is 0 Å². The summed E-state index contributed by atoms with van der Waals surface area (Å²) in [6, 6.07) is 0. The van der Waals surface area contributed by atoms with Gasteiger partial charge < -0.3 is 0 Å². The Hall–Kier alpha value is 1.14. The molecule has 0 saturated carbocycles. The Morgan fingerprint density at radius 1 is 0.238 bits per heavy atom. The molecule has 130 valence electrons. The van der Waals surface area contributed by atoms with E-state index in [1.165, 1.54) is 0 Å². The molecule has 0 aliphatic heterocycles. The Labute approximate surface area is 135 Å². The number of hydrogen-bond acceptors (Lipinski definition) is 16. The van der Waals surface area contributed by atoms with E-state index in [0.717, 1.165) is 0 Å². The van der Waals surface area contributed by atoms with Gasteiger partial charge in [-0.2, -0.15) is 0 Å². The summed E-state index contributed by atoms with van der Waals surface area (Å²) in [5.74, 6) is 0. The van der Waals surface area contributed by atoms with E-state index in [2.05, 4.69) is 0 Å². The summed E-state index contributed by atoms with van der Waals surface area (Å²) >= 11 is 0. The molecule has 0 aliphatic rings. The van der Waals surface area contributed by atoms with Gasteiger partial charge >= 0.3 is 0 Å². The van der Waals surface area contributed by atoms with Gasteiger partial charge in [0.15, 0.2) is 0 Å². The average molecular weight is 463 g/mol. The van der Waals surface area contributed by atoms with Gasteiger partial charge in [0, 0.05) is 19.5 Å². The fraction of sp³-hybridized carbons (Fsp3) is 0. The van der Waals surface area contributed by atoms with Crippen molar-refractivity contribution in [3.05, 3.63) is 0 Å². The molecular weight excluding hydrogens is 463 g/mol. The van der Waals surface area contributed by atoms with Crippen molar-refractivity contribution in [3.63, 3.8) is 0 Å². The minimum atomic E-state index is -4.94. The monoisotopic (exact) mass is 460 g/mol. The Bertz CT molecular complexity index is 130. The van der Waals surface area contributed by atoms with Crippen LogP contribution in [-0.2, 0) is 19.5 Å². The molecule has 0 radical (unpaired) electrons. The van der Waals surface area contributed by atoms with Crippen molar-refractivity contribution in [2.45, 2.75) is 0 Å². The first-order chi connectivity index (χ1) is 8.00. The van der Waals surface area contributed by atoms with Gasteiger partial charge in [-0.3, -0.25) is 0 Å². The molecule has 0 amide bonds. The van der Waals surface area contributed by atoms with Crippen molar-refractivity contribution >= 4 is 0 Å². The van der Waals surface area contributed by atoms with Crippen LogP contribution >= 0.6 is 0 Å². The second-order valence-corrected chi connectivity index (χ2v) is 4.54. The molecule has 0 aliphatic carbocycles. The molecule has 16 nitrogen and oxygen atoms in total. The normalized spacial score (nSPS) is 11.4. The van der Waals surface area contributed by atoms with Gasteiger partial charge in [-0.25, -0.2) is 74.5 Å². The maximum atomic E-state index is 8.49. The maximum Gasteiger partial charge on any atom is 0 e. The summed E-state index contributed by atoms with van der Waals surface area (Å²) in [7, 11) is -19.8. The Morgan fingerprint density at radius 2 is 0.238 bits per heavy atom. The summed E-state index contributed by atoms with van der Waals surface area (Å²) in [5, 5.41) is 0. The molecule has 21 heavy (non-hydrogen) atoms. The molecule has 0 fully saturated rings. The standard InChI is InChI=1S/4ClHO4.Zn/c4*2-1(3,4)5;/h4*(H,2,3,4,5);/p-4. The van der Waals surface area contributed by atoms with E-state index in [1.807, 2.05) is 0 Å². The van der Waals surface area contributed by atoms with E-state index in [-0.39, 0.29) is 19.5 Å². The first-order valence-electron chi connectivity index (χ1n) is 2.47. The van der Waals surface area contributed by atoms with Crippen molar-refractivity contribution in [1.29, 1.82) is 0 Å². The third-order valence-corrected chi connectivity index (χ3v) is 0. The van der Waals surface area contributed by atoms with Crippen LogP contribution in [0.4, 0.5) is 0 Å². The van der Waals surface area contributed by atoms with Crippen LogP contribution < -0.4 is 74.5 Å². The van der Waals surface area contributed by atoms with E-state index in [4.69, 9.17) is 74.5 Å². The predicted octanol–water partition coefficient (Wildman–Crippen LogP) is -19.0. The molecule has 0 N–H and O–H groups in total. The van der Waals surface area contributed by atoms with Crippen LogP contribution in [0.5, 0.6) is 0 Å². The molecule has 0 aromatic carbocycles. The van der Waals surface area contributed by atoms with Crippen LogP contribution in [0.1, 0.15) is 0 Å². The molecular formula is Cl4O16Zn-4. The minimum absolute atomic E-state index is 0.